The number of nitrogens with two attached hydrogens (primary N) is 1. The first-order chi connectivity index (χ1) is 7.69. The number of carbonyl (C=O) groups is 1. The van der Waals surface area contributed by atoms with Gasteiger partial charge in [0.1, 0.15) is 0 Å². The van der Waals surface area contributed by atoms with Gasteiger partial charge in [-0.15, -0.1) is 0 Å². The molecule has 3 heteroatoms. The molecule has 0 amide bonds. The topological polar surface area (TPSA) is 52.3 Å². The van der Waals surface area contributed by atoms with Crippen LogP contribution in [0.25, 0.3) is 0 Å². The standard InChI is InChI=1S/C13H19NO2/c1-3-5-6-10-9-11(14)7-8-12(10)13(15)16-4-2/h7-9H,3-6,14H2,1-2H3. The number of unbranched alkanes of at least 4 members (excludes halogenated alkanes) is 1. The number of hydrogen-bond donors (Lipinski definition) is 1. The summed E-state index contributed by atoms with van der Waals surface area (Å²) >= 11 is 0. The van der Waals surface area contributed by atoms with Crippen LogP contribution in [0.1, 0.15) is 42.6 Å². The van der Waals surface area contributed by atoms with Crippen LogP contribution in [0.15, 0.2) is 18.2 Å². The molecule has 88 valence electrons. The third-order valence-electron chi connectivity index (χ3n) is 2.42. The lowest BCUT2D eigenvalue weighted by Gasteiger charge is -2.09. The van der Waals surface area contributed by atoms with Crippen molar-refractivity contribution in [1.29, 1.82) is 0 Å². The Balaban J connectivity index is 2.92. The highest BCUT2D eigenvalue weighted by molar-refractivity contribution is 5.91. The molecule has 0 bridgehead atoms. The van der Waals surface area contributed by atoms with Crippen molar-refractivity contribution < 1.29 is 9.53 Å². The summed E-state index contributed by atoms with van der Waals surface area (Å²) < 4.78 is 5.01. The molecule has 0 aliphatic carbocycles. The van der Waals surface area contributed by atoms with E-state index in [1.54, 1.807) is 19.1 Å². The van der Waals surface area contributed by atoms with E-state index in [0.29, 0.717) is 17.9 Å². The molecule has 0 saturated carbocycles. The number of nitrogen functional groups attached to an aromatic ring is 1. The van der Waals surface area contributed by atoms with Gasteiger partial charge in [-0.05, 0) is 43.5 Å². The third kappa shape index (κ3) is 3.26. The Kier molecular flexibility index (Phi) is 4.83. The minimum Gasteiger partial charge on any atom is -0.462 e. The molecule has 0 aliphatic heterocycles. The smallest absolute Gasteiger partial charge is 0.338 e. The summed E-state index contributed by atoms with van der Waals surface area (Å²) in [6, 6.07) is 5.35. The van der Waals surface area contributed by atoms with Crippen LogP contribution in [0.3, 0.4) is 0 Å². The van der Waals surface area contributed by atoms with Crippen molar-refractivity contribution in [3.8, 4) is 0 Å². The van der Waals surface area contributed by atoms with Crippen LogP contribution in [0.4, 0.5) is 5.69 Å². The summed E-state index contributed by atoms with van der Waals surface area (Å²) in [5, 5.41) is 0. The molecule has 0 radical (unpaired) electrons. The number of carbonyl (C=O) groups excluding carboxylic acids is 1. The van der Waals surface area contributed by atoms with Crippen LogP contribution in [0, 0.1) is 0 Å². The highest BCUT2D eigenvalue weighted by Crippen LogP contribution is 2.17. The minimum atomic E-state index is -0.256. The molecule has 1 aromatic carbocycles. The van der Waals surface area contributed by atoms with Crippen LogP contribution < -0.4 is 5.73 Å². The zero-order valence-electron chi connectivity index (χ0n) is 9.95. The maximum absolute atomic E-state index is 11.7. The van der Waals surface area contributed by atoms with E-state index >= 15 is 0 Å². The zero-order valence-corrected chi connectivity index (χ0v) is 9.95. The lowest BCUT2D eigenvalue weighted by atomic mass is 10.0. The fourth-order valence-corrected chi connectivity index (χ4v) is 1.60. The van der Waals surface area contributed by atoms with Gasteiger partial charge in [0.25, 0.3) is 0 Å². The van der Waals surface area contributed by atoms with Crippen molar-refractivity contribution in [2.24, 2.45) is 0 Å². The van der Waals surface area contributed by atoms with Gasteiger partial charge in [-0.2, -0.15) is 0 Å². The van der Waals surface area contributed by atoms with E-state index in [1.165, 1.54) is 0 Å². The normalized spacial score (nSPS) is 10.1. The van der Waals surface area contributed by atoms with Gasteiger partial charge in [0.05, 0.1) is 12.2 Å². The number of rotatable bonds is 5. The second-order valence-corrected chi connectivity index (χ2v) is 3.74. The maximum Gasteiger partial charge on any atom is 0.338 e. The van der Waals surface area contributed by atoms with E-state index in [-0.39, 0.29) is 5.97 Å². The summed E-state index contributed by atoms with van der Waals surface area (Å²) in [6.07, 6.45) is 3.02. The summed E-state index contributed by atoms with van der Waals surface area (Å²) in [7, 11) is 0. The van der Waals surface area contributed by atoms with Crippen LogP contribution in [-0.2, 0) is 11.2 Å². The summed E-state index contributed by atoms with van der Waals surface area (Å²) in [5.41, 5.74) is 8.04. The van der Waals surface area contributed by atoms with E-state index in [4.69, 9.17) is 10.5 Å². The molecule has 1 aromatic rings. The number of ether oxygens (including phenoxy) is 1. The Bertz CT molecular complexity index is 361. The van der Waals surface area contributed by atoms with Gasteiger partial charge in [-0.3, -0.25) is 0 Å². The molecular weight excluding hydrogens is 202 g/mol. The Morgan fingerprint density at radius 3 is 2.75 bits per heavy atom. The second kappa shape index (κ2) is 6.16. The monoisotopic (exact) mass is 221 g/mol. The molecule has 3 nitrogen and oxygen atoms in total. The molecule has 1 rings (SSSR count). The van der Waals surface area contributed by atoms with Crippen molar-refractivity contribution in [3.05, 3.63) is 29.3 Å². The molecule has 0 heterocycles. The molecule has 0 spiro atoms. The molecule has 0 aliphatic rings. The van der Waals surface area contributed by atoms with Gasteiger partial charge in [0.2, 0.25) is 0 Å². The predicted molar refractivity (Wildman–Crippen MR) is 65.4 cm³/mol. The lowest BCUT2D eigenvalue weighted by Crippen LogP contribution is -2.08. The highest BCUT2D eigenvalue weighted by atomic mass is 16.5. The van der Waals surface area contributed by atoms with Crippen LogP contribution >= 0.6 is 0 Å². The van der Waals surface area contributed by atoms with E-state index < -0.39 is 0 Å². The van der Waals surface area contributed by atoms with E-state index in [1.807, 2.05) is 6.07 Å². The Morgan fingerprint density at radius 2 is 2.12 bits per heavy atom. The van der Waals surface area contributed by atoms with E-state index in [2.05, 4.69) is 6.92 Å². The summed E-state index contributed by atoms with van der Waals surface area (Å²) in [6.45, 7) is 4.33. The van der Waals surface area contributed by atoms with Gasteiger partial charge < -0.3 is 10.5 Å². The van der Waals surface area contributed by atoms with Gasteiger partial charge >= 0.3 is 5.97 Å². The van der Waals surface area contributed by atoms with Gasteiger partial charge in [0, 0.05) is 5.69 Å². The predicted octanol–water partition coefficient (Wildman–Crippen LogP) is 2.79. The quantitative estimate of drug-likeness (QED) is 0.614. The van der Waals surface area contributed by atoms with Gasteiger partial charge in [0.15, 0.2) is 0 Å². The van der Waals surface area contributed by atoms with Crippen molar-refractivity contribution >= 4 is 11.7 Å². The van der Waals surface area contributed by atoms with Crippen molar-refractivity contribution in [3.63, 3.8) is 0 Å². The minimum absolute atomic E-state index is 0.256. The Hall–Kier alpha value is -1.51. The van der Waals surface area contributed by atoms with Gasteiger partial charge in [-0.25, -0.2) is 4.79 Å². The molecule has 0 unspecified atom stereocenters. The summed E-state index contributed by atoms with van der Waals surface area (Å²) in [4.78, 5) is 11.7. The number of hydrogen-bond acceptors (Lipinski definition) is 3. The maximum atomic E-state index is 11.7. The molecule has 0 saturated heterocycles. The number of esters is 1. The van der Waals surface area contributed by atoms with Crippen molar-refractivity contribution in [1.82, 2.24) is 0 Å². The number of anilines is 1. The Morgan fingerprint density at radius 1 is 1.38 bits per heavy atom. The fraction of sp³-hybridized carbons (Fsp3) is 0.462. The zero-order chi connectivity index (χ0) is 12.0. The molecule has 16 heavy (non-hydrogen) atoms. The van der Waals surface area contributed by atoms with Crippen molar-refractivity contribution in [2.45, 2.75) is 33.1 Å². The average Bonchev–Trinajstić information content (AvgIpc) is 2.26. The molecule has 0 atom stereocenters. The van der Waals surface area contributed by atoms with Crippen LogP contribution in [-0.4, -0.2) is 12.6 Å². The first-order valence-electron chi connectivity index (χ1n) is 5.74. The number of benzene rings is 1. The SMILES string of the molecule is CCCCc1cc(N)ccc1C(=O)OCC. The fourth-order valence-electron chi connectivity index (χ4n) is 1.60. The van der Waals surface area contributed by atoms with E-state index in [0.717, 1.165) is 24.8 Å². The molecule has 2 N–H and O–H groups in total. The number of aryl methyl sites for hydroxylation is 1. The first kappa shape index (κ1) is 12.6. The largest absolute Gasteiger partial charge is 0.462 e. The molecule has 0 aromatic heterocycles. The third-order valence-corrected chi connectivity index (χ3v) is 2.42. The summed E-state index contributed by atoms with van der Waals surface area (Å²) in [5.74, 6) is -0.256. The van der Waals surface area contributed by atoms with Crippen LogP contribution in [0.5, 0.6) is 0 Å². The van der Waals surface area contributed by atoms with Crippen LogP contribution in [0.2, 0.25) is 0 Å². The second-order valence-electron chi connectivity index (χ2n) is 3.74. The molecular formula is C13H19NO2. The highest BCUT2D eigenvalue weighted by Gasteiger charge is 2.11. The molecule has 0 fully saturated rings. The average molecular weight is 221 g/mol. The lowest BCUT2D eigenvalue weighted by molar-refractivity contribution is 0.0525. The first-order valence-corrected chi connectivity index (χ1v) is 5.74. The van der Waals surface area contributed by atoms with Gasteiger partial charge in [-0.1, -0.05) is 13.3 Å². The van der Waals surface area contributed by atoms with E-state index in [9.17, 15) is 4.79 Å². The Labute approximate surface area is 96.6 Å². The van der Waals surface area contributed by atoms with Crippen molar-refractivity contribution in [2.75, 3.05) is 12.3 Å².